The maximum absolute atomic E-state index is 9.67. The van der Waals surface area contributed by atoms with E-state index in [9.17, 15) is 5.11 Å². The standard InChI is InChI=1S/C18H32N2O3/c21-13-15-23-14-12-20-10-8-19(9-11-20)7-6-18(16-22)17-4-2-1-3-5-17/h1-4,17-18,21-22H,5-16H2. The van der Waals surface area contributed by atoms with Gasteiger partial charge in [-0.25, -0.2) is 0 Å². The van der Waals surface area contributed by atoms with Crippen molar-refractivity contribution in [1.82, 2.24) is 9.80 Å². The maximum atomic E-state index is 9.67. The lowest BCUT2D eigenvalue weighted by Gasteiger charge is -2.35. The Balaban J connectivity index is 1.60. The van der Waals surface area contributed by atoms with Crippen molar-refractivity contribution in [2.45, 2.75) is 12.8 Å². The summed E-state index contributed by atoms with van der Waals surface area (Å²) in [7, 11) is 0. The molecule has 23 heavy (non-hydrogen) atoms. The third-order valence-electron chi connectivity index (χ3n) is 4.92. The lowest BCUT2D eigenvalue weighted by Crippen LogP contribution is -2.47. The summed E-state index contributed by atoms with van der Waals surface area (Å²) in [6.07, 6.45) is 10.8. The van der Waals surface area contributed by atoms with E-state index in [0.29, 0.717) is 25.0 Å². The normalized spacial score (nSPS) is 24.2. The average molecular weight is 324 g/mol. The topological polar surface area (TPSA) is 56.2 Å². The van der Waals surface area contributed by atoms with Gasteiger partial charge in [0.2, 0.25) is 0 Å². The Hall–Kier alpha value is -0.720. The fourth-order valence-electron chi connectivity index (χ4n) is 3.34. The monoisotopic (exact) mass is 324 g/mol. The van der Waals surface area contributed by atoms with E-state index in [-0.39, 0.29) is 13.2 Å². The second-order valence-corrected chi connectivity index (χ2v) is 6.46. The average Bonchev–Trinajstić information content (AvgIpc) is 2.61. The number of rotatable bonds is 10. The molecule has 2 aliphatic rings. The smallest absolute Gasteiger partial charge is 0.0698 e. The molecular formula is C18H32N2O3. The van der Waals surface area contributed by atoms with Crippen molar-refractivity contribution in [2.24, 2.45) is 11.8 Å². The largest absolute Gasteiger partial charge is 0.396 e. The van der Waals surface area contributed by atoms with Crippen molar-refractivity contribution in [3.05, 3.63) is 24.3 Å². The lowest BCUT2D eigenvalue weighted by atomic mass is 9.85. The van der Waals surface area contributed by atoms with E-state index in [1.54, 1.807) is 0 Å². The highest BCUT2D eigenvalue weighted by Gasteiger charge is 2.21. The van der Waals surface area contributed by atoms with Gasteiger partial charge < -0.3 is 19.8 Å². The van der Waals surface area contributed by atoms with Crippen LogP contribution in [0.3, 0.4) is 0 Å². The molecule has 5 nitrogen and oxygen atoms in total. The number of ether oxygens (including phenoxy) is 1. The van der Waals surface area contributed by atoms with Gasteiger partial charge in [0.15, 0.2) is 0 Å². The summed E-state index contributed by atoms with van der Waals surface area (Å²) in [6.45, 7) is 7.91. The minimum absolute atomic E-state index is 0.103. The molecule has 2 atom stereocenters. The van der Waals surface area contributed by atoms with Crippen molar-refractivity contribution in [3.63, 3.8) is 0 Å². The van der Waals surface area contributed by atoms with Gasteiger partial charge in [-0.2, -0.15) is 0 Å². The zero-order chi connectivity index (χ0) is 16.3. The first kappa shape index (κ1) is 18.6. The summed E-state index contributed by atoms with van der Waals surface area (Å²) in [4.78, 5) is 4.93. The van der Waals surface area contributed by atoms with Crippen LogP contribution in [0.15, 0.2) is 24.3 Å². The highest BCUT2D eigenvalue weighted by atomic mass is 16.5. The van der Waals surface area contributed by atoms with Crippen LogP contribution in [0.25, 0.3) is 0 Å². The van der Waals surface area contributed by atoms with E-state index in [2.05, 4.69) is 34.1 Å². The number of hydrogen-bond acceptors (Lipinski definition) is 5. The lowest BCUT2D eigenvalue weighted by molar-refractivity contribution is 0.0553. The Morgan fingerprint density at radius 3 is 2.35 bits per heavy atom. The molecule has 0 aromatic rings. The molecule has 1 saturated heterocycles. The number of nitrogens with zero attached hydrogens (tertiary/aromatic N) is 2. The summed E-state index contributed by atoms with van der Waals surface area (Å²) in [5.41, 5.74) is 0. The molecule has 2 rings (SSSR count). The van der Waals surface area contributed by atoms with Gasteiger partial charge in [0, 0.05) is 39.3 Å². The van der Waals surface area contributed by atoms with Gasteiger partial charge in [-0.1, -0.05) is 24.3 Å². The molecule has 1 fully saturated rings. The zero-order valence-corrected chi connectivity index (χ0v) is 14.1. The van der Waals surface area contributed by atoms with Crippen LogP contribution in [0.1, 0.15) is 12.8 Å². The van der Waals surface area contributed by atoms with Crippen molar-refractivity contribution >= 4 is 0 Å². The quantitative estimate of drug-likeness (QED) is 0.581. The fraction of sp³-hybridized carbons (Fsp3) is 0.778. The Morgan fingerprint density at radius 1 is 1.00 bits per heavy atom. The van der Waals surface area contributed by atoms with E-state index >= 15 is 0 Å². The molecule has 0 spiro atoms. The van der Waals surface area contributed by atoms with Crippen LogP contribution >= 0.6 is 0 Å². The molecular weight excluding hydrogens is 292 g/mol. The van der Waals surface area contributed by atoms with Gasteiger partial charge >= 0.3 is 0 Å². The van der Waals surface area contributed by atoms with Crippen molar-refractivity contribution < 1.29 is 14.9 Å². The second-order valence-electron chi connectivity index (χ2n) is 6.46. The molecule has 5 heteroatoms. The summed E-state index contributed by atoms with van der Waals surface area (Å²) < 4.78 is 5.33. The summed E-state index contributed by atoms with van der Waals surface area (Å²) >= 11 is 0. The molecule has 1 aliphatic carbocycles. The summed E-state index contributed by atoms with van der Waals surface area (Å²) in [5, 5.41) is 18.4. The minimum Gasteiger partial charge on any atom is -0.396 e. The van der Waals surface area contributed by atoms with Crippen LogP contribution in [0.4, 0.5) is 0 Å². The molecule has 0 saturated carbocycles. The molecule has 0 aromatic carbocycles. The molecule has 0 amide bonds. The third kappa shape index (κ3) is 6.73. The first-order valence-corrected chi connectivity index (χ1v) is 8.91. The van der Waals surface area contributed by atoms with Crippen LogP contribution in [0.5, 0.6) is 0 Å². The van der Waals surface area contributed by atoms with Crippen LogP contribution in [0.2, 0.25) is 0 Å². The first-order chi connectivity index (χ1) is 11.3. The van der Waals surface area contributed by atoms with Crippen molar-refractivity contribution in [3.8, 4) is 0 Å². The molecule has 2 N–H and O–H groups in total. The molecule has 0 radical (unpaired) electrons. The van der Waals surface area contributed by atoms with Crippen LogP contribution < -0.4 is 0 Å². The van der Waals surface area contributed by atoms with Gasteiger partial charge in [0.25, 0.3) is 0 Å². The second kappa shape index (κ2) is 10.9. The third-order valence-corrected chi connectivity index (χ3v) is 4.92. The Labute approximate surface area is 140 Å². The number of aliphatic hydroxyl groups is 2. The van der Waals surface area contributed by atoms with Gasteiger partial charge in [-0.05, 0) is 31.2 Å². The van der Waals surface area contributed by atoms with E-state index in [0.717, 1.165) is 52.1 Å². The molecule has 1 aliphatic heterocycles. The molecule has 0 aromatic heterocycles. The van der Waals surface area contributed by atoms with E-state index in [1.807, 2.05) is 0 Å². The van der Waals surface area contributed by atoms with Crippen LogP contribution in [0, 0.1) is 11.8 Å². The number of aliphatic hydroxyl groups excluding tert-OH is 2. The van der Waals surface area contributed by atoms with Crippen LogP contribution in [-0.4, -0.2) is 85.7 Å². The molecule has 1 heterocycles. The summed E-state index contributed by atoms with van der Waals surface area (Å²) in [6, 6.07) is 0. The molecule has 0 bridgehead atoms. The highest BCUT2D eigenvalue weighted by molar-refractivity contribution is 5.11. The van der Waals surface area contributed by atoms with Gasteiger partial charge in [-0.3, -0.25) is 4.90 Å². The van der Waals surface area contributed by atoms with Gasteiger partial charge in [-0.15, -0.1) is 0 Å². The van der Waals surface area contributed by atoms with Gasteiger partial charge in [0.1, 0.15) is 0 Å². The van der Waals surface area contributed by atoms with Crippen LogP contribution in [-0.2, 0) is 4.74 Å². The maximum Gasteiger partial charge on any atom is 0.0698 e. The predicted octanol–water partition coefficient (Wildman–Crippen LogP) is 0.744. The Kier molecular flexibility index (Phi) is 8.86. The highest BCUT2D eigenvalue weighted by Crippen LogP contribution is 2.24. The van der Waals surface area contributed by atoms with E-state index < -0.39 is 0 Å². The Morgan fingerprint density at radius 2 is 1.74 bits per heavy atom. The van der Waals surface area contributed by atoms with E-state index in [1.165, 1.54) is 0 Å². The molecule has 2 unspecified atom stereocenters. The first-order valence-electron chi connectivity index (χ1n) is 8.91. The predicted molar refractivity (Wildman–Crippen MR) is 92.4 cm³/mol. The SMILES string of the molecule is OCCOCCN1CCN(CCC(CO)C2C=CC=CC2)CC1. The molecule has 132 valence electrons. The number of piperazine rings is 1. The zero-order valence-electron chi connectivity index (χ0n) is 14.1. The summed E-state index contributed by atoms with van der Waals surface area (Å²) in [5.74, 6) is 0.871. The van der Waals surface area contributed by atoms with Gasteiger partial charge in [0.05, 0.1) is 19.8 Å². The van der Waals surface area contributed by atoms with Crippen molar-refractivity contribution in [1.29, 1.82) is 0 Å². The number of allylic oxidation sites excluding steroid dienone is 4. The van der Waals surface area contributed by atoms with Crippen molar-refractivity contribution in [2.75, 3.05) is 65.7 Å². The Bertz CT molecular complexity index is 365. The fourth-order valence-corrected chi connectivity index (χ4v) is 3.34. The number of hydrogen-bond donors (Lipinski definition) is 2. The minimum atomic E-state index is 0.103. The van der Waals surface area contributed by atoms with E-state index in [4.69, 9.17) is 9.84 Å².